The minimum absolute atomic E-state index is 0.207. The molecular weight excluding hydrogens is 286 g/mol. The SMILES string of the molecule is COC1=N[C@H](C(C)C)C(OC)=N[C@H]1[C@H](O)C1=NOC(C)(C)C1. The Morgan fingerprint density at radius 3 is 2.14 bits per heavy atom. The molecule has 2 rings (SSSR count). The zero-order valence-electron chi connectivity index (χ0n) is 14.0. The van der Waals surface area contributed by atoms with Gasteiger partial charge in [0.2, 0.25) is 11.8 Å². The third-order valence-electron chi connectivity index (χ3n) is 3.75. The number of aliphatic hydroxyl groups is 1. The number of hydrogen-bond donors (Lipinski definition) is 1. The van der Waals surface area contributed by atoms with Gasteiger partial charge >= 0.3 is 0 Å². The highest BCUT2D eigenvalue weighted by molar-refractivity contribution is 6.00. The number of aliphatic hydroxyl groups excluding tert-OH is 1. The van der Waals surface area contributed by atoms with Gasteiger partial charge in [-0.05, 0) is 19.8 Å². The van der Waals surface area contributed by atoms with Gasteiger partial charge in [-0.25, -0.2) is 9.98 Å². The lowest BCUT2D eigenvalue weighted by Gasteiger charge is -2.29. The molecule has 2 aliphatic heterocycles. The van der Waals surface area contributed by atoms with Crippen LogP contribution in [0.3, 0.4) is 0 Å². The van der Waals surface area contributed by atoms with E-state index in [2.05, 4.69) is 15.1 Å². The Hall–Kier alpha value is -1.63. The molecule has 0 saturated heterocycles. The van der Waals surface area contributed by atoms with Crippen LogP contribution in [-0.4, -0.2) is 60.6 Å². The molecule has 2 heterocycles. The first-order valence-corrected chi connectivity index (χ1v) is 7.45. The van der Waals surface area contributed by atoms with E-state index < -0.39 is 17.7 Å². The van der Waals surface area contributed by atoms with Crippen molar-refractivity contribution in [3.63, 3.8) is 0 Å². The number of nitrogens with zero attached hydrogens (tertiary/aromatic N) is 3. The zero-order chi connectivity index (χ0) is 16.5. The van der Waals surface area contributed by atoms with Gasteiger partial charge in [-0.2, -0.15) is 0 Å². The second kappa shape index (κ2) is 6.24. The molecule has 3 atom stereocenters. The third kappa shape index (κ3) is 3.24. The van der Waals surface area contributed by atoms with Crippen LogP contribution in [0.1, 0.15) is 34.1 Å². The predicted octanol–water partition coefficient (Wildman–Crippen LogP) is 1.40. The van der Waals surface area contributed by atoms with Crippen LogP contribution in [0.4, 0.5) is 0 Å². The Morgan fingerprint density at radius 2 is 1.68 bits per heavy atom. The number of methoxy groups -OCH3 is 2. The summed E-state index contributed by atoms with van der Waals surface area (Å²) < 4.78 is 10.7. The van der Waals surface area contributed by atoms with Crippen molar-refractivity contribution in [2.45, 2.75) is 57.9 Å². The molecule has 0 aromatic heterocycles. The molecule has 124 valence electrons. The van der Waals surface area contributed by atoms with Gasteiger partial charge in [0.25, 0.3) is 0 Å². The number of rotatable bonds is 3. The van der Waals surface area contributed by atoms with Crippen molar-refractivity contribution >= 4 is 17.5 Å². The third-order valence-corrected chi connectivity index (χ3v) is 3.75. The van der Waals surface area contributed by atoms with Crippen LogP contribution in [0, 0.1) is 5.92 Å². The Labute approximate surface area is 131 Å². The van der Waals surface area contributed by atoms with Crippen LogP contribution in [0.2, 0.25) is 0 Å². The summed E-state index contributed by atoms with van der Waals surface area (Å²) in [4.78, 5) is 14.4. The van der Waals surface area contributed by atoms with E-state index >= 15 is 0 Å². The van der Waals surface area contributed by atoms with Crippen molar-refractivity contribution in [3.05, 3.63) is 0 Å². The van der Waals surface area contributed by atoms with Crippen molar-refractivity contribution in [2.24, 2.45) is 21.1 Å². The fourth-order valence-corrected chi connectivity index (χ4v) is 2.55. The minimum Gasteiger partial charge on any atom is -0.483 e. The van der Waals surface area contributed by atoms with Gasteiger partial charge in [0, 0.05) is 6.42 Å². The van der Waals surface area contributed by atoms with Crippen molar-refractivity contribution < 1.29 is 19.4 Å². The number of ether oxygens (including phenoxy) is 2. The number of hydrogen-bond acceptors (Lipinski definition) is 7. The van der Waals surface area contributed by atoms with Crippen LogP contribution in [0.25, 0.3) is 0 Å². The van der Waals surface area contributed by atoms with Gasteiger partial charge in [0.1, 0.15) is 17.7 Å². The molecule has 0 unspecified atom stereocenters. The molecule has 0 spiro atoms. The lowest BCUT2D eigenvalue weighted by Crippen LogP contribution is -2.45. The highest BCUT2D eigenvalue weighted by atomic mass is 16.7. The first-order chi connectivity index (χ1) is 10.3. The van der Waals surface area contributed by atoms with Crippen LogP contribution >= 0.6 is 0 Å². The van der Waals surface area contributed by atoms with Gasteiger partial charge in [-0.3, -0.25) is 0 Å². The summed E-state index contributed by atoms with van der Waals surface area (Å²) in [5, 5.41) is 14.6. The van der Waals surface area contributed by atoms with E-state index in [0.717, 1.165) is 0 Å². The van der Waals surface area contributed by atoms with Crippen molar-refractivity contribution in [2.75, 3.05) is 14.2 Å². The van der Waals surface area contributed by atoms with Crippen LogP contribution in [0.5, 0.6) is 0 Å². The lowest BCUT2D eigenvalue weighted by atomic mass is 9.94. The number of aliphatic imine (C=N–C) groups is 2. The summed E-state index contributed by atoms with van der Waals surface area (Å²) in [7, 11) is 3.09. The second-order valence-electron chi connectivity index (χ2n) is 6.53. The average molecular weight is 311 g/mol. The molecule has 0 saturated carbocycles. The summed E-state index contributed by atoms with van der Waals surface area (Å²) in [5.74, 6) is 1.10. The van der Waals surface area contributed by atoms with Gasteiger partial charge in [0.15, 0.2) is 6.04 Å². The molecule has 0 amide bonds. The highest BCUT2D eigenvalue weighted by Gasteiger charge is 2.41. The summed E-state index contributed by atoms with van der Waals surface area (Å²) in [6.07, 6.45) is -0.411. The minimum atomic E-state index is -0.946. The predicted molar refractivity (Wildman–Crippen MR) is 84.5 cm³/mol. The van der Waals surface area contributed by atoms with Crippen LogP contribution < -0.4 is 0 Å². The van der Waals surface area contributed by atoms with Gasteiger partial charge in [-0.1, -0.05) is 19.0 Å². The summed E-state index contributed by atoms with van der Waals surface area (Å²) in [5.41, 5.74) is 0.130. The standard InChI is InChI=1S/C15H25N3O4/c1-8(2)10-13(20-5)17-11(14(16-10)21-6)12(19)9-7-15(3,4)22-18-9/h8,10-12,19H,7H2,1-6H3/t10-,11+,12-/m1/s1. The van der Waals surface area contributed by atoms with Gasteiger partial charge in [0.05, 0.1) is 19.9 Å². The molecule has 0 aliphatic carbocycles. The van der Waals surface area contributed by atoms with E-state index in [-0.39, 0.29) is 12.0 Å². The smallest absolute Gasteiger partial charge is 0.212 e. The van der Waals surface area contributed by atoms with Gasteiger partial charge < -0.3 is 19.4 Å². The van der Waals surface area contributed by atoms with E-state index in [4.69, 9.17) is 14.3 Å². The van der Waals surface area contributed by atoms with E-state index in [0.29, 0.717) is 23.9 Å². The van der Waals surface area contributed by atoms with Gasteiger partial charge in [-0.15, -0.1) is 0 Å². The molecule has 2 aliphatic rings. The van der Waals surface area contributed by atoms with E-state index in [1.165, 1.54) is 7.11 Å². The first kappa shape index (κ1) is 16.7. The first-order valence-electron chi connectivity index (χ1n) is 7.45. The topological polar surface area (TPSA) is 85.0 Å². The monoisotopic (exact) mass is 311 g/mol. The van der Waals surface area contributed by atoms with Crippen molar-refractivity contribution in [1.29, 1.82) is 0 Å². The molecule has 0 radical (unpaired) electrons. The molecular formula is C15H25N3O4. The maximum absolute atomic E-state index is 10.6. The van der Waals surface area contributed by atoms with Crippen molar-refractivity contribution in [1.82, 2.24) is 0 Å². The Bertz CT molecular complexity index is 511. The molecule has 22 heavy (non-hydrogen) atoms. The van der Waals surface area contributed by atoms with E-state index in [9.17, 15) is 5.11 Å². The molecule has 7 heteroatoms. The van der Waals surface area contributed by atoms with Crippen LogP contribution in [0.15, 0.2) is 15.1 Å². The quantitative estimate of drug-likeness (QED) is 0.853. The Kier molecular flexibility index (Phi) is 4.75. The fourth-order valence-electron chi connectivity index (χ4n) is 2.55. The Balaban J connectivity index is 2.26. The zero-order valence-corrected chi connectivity index (χ0v) is 14.0. The molecule has 7 nitrogen and oxygen atoms in total. The molecule has 0 aromatic rings. The average Bonchev–Trinajstić information content (AvgIpc) is 2.85. The molecule has 0 bridgehead atoms. The fraction of sp³-hybridized carbons (Fsp3) is 0.800. The maximum atomic E-state index is 10.6. The van der Waals surface area contributed by atoms with E-state index in [1.807, 2.05) is 27.7 Å². The second-order valence-corrected chi connectivity index (χ2v) is 6.53. The summed E-state index contributed by atoms with van der Waals surface area (Å²) in [6.45, 7) is 7.90. The maximum Gasteiger partial charge on any atom is 0.212 e. The highest BCUT2D eigenvalue weighted by Crippen LogP contribution is 2.27. The number of oxime groups is 1. The lowest BCUT2D eigenvalue weighted by molar-refractivity contribution is 0.0123. The largest absolute Gasteiger partial charge is 0.483 e. The normalized spacial score (nSPS) is 28.5. The van der Waals surface area contributed by atoms with Crippen LogP contribution in [-0.2, 0) is 14.3 Å². The molecule has 0 fully saturated rings. The summed E-state index contributed by atoms with van der Waals surface area (Å²) >= 11 is 0. The molecule has 1 N–H and O–H groups in total. The van der Waals surface area contributed by atoms with E-state index in [1.54, 1.807) is 7.11 Å². The Morgan fingerprint density at radius 1 is 1.14 bits per heavy atom. The molecule has 0 aromatic carbocycles. The van der Waals surface area contributed by atoms with Crippen molar-refractivity contribution in [3.8, 4) is 0 Å². The summed E-state index contributed by atoms with van der Waals surface area (Å²) in [6, 6.07) is -0.868.